The number of nitrogens with one attached hydrogen (secondary N) is 2. The molecule has 1 rings (SSSR count). The first kappa shape index (κ1) is 17.0. The predicted octanol–water partition coefficient (Wildman–Crippen LogP) is 1.60. The number of primary amides is 1. The Morgan fingerprint density at radius 1 is 1.38 bits per heavy atom. The van der Waals surface area contributed by atoms with Crippen LogP contribution < -0.4 is 16.4 Å². The lowest BCUT2D eigenvalue weighted by Crippen LogP contribution is -2.43. The number of carbonyl (C=O) groups excluding carboxylic acids is 2. The van der Waals surface area contributed by atoms with Crippen LogP contribution in [0.2, 0.25) is 0 Å². The zero-order chi connectivity index (χ0) is 16.0. The minimum atomic E-state index is -1.22. The van der Waals surface area contributed by atoms with E-state index >= 15 is 0 Å². The summed E-state index contributed by atoms with van der Waals surface area (Å²) in [5.41, 5.74) is 6.42. The van der Waals surface area contributed by atoms with Gasteiger partial charge in [-0.05, 0) is 37.1 Å². The average molecular weight is 358 g/mol. The highest BCUT2D eigenvalue weighted by Gasteiger charge is 2.20. The Kier molecular flexibility index (Phi) is 6.16. The summed E-state index contributed by atoms with van der Waals surface area (Å²) < 4.78 is 0.901. The number of aryl methyl sites for hydroxylation is 1. The van der Waals surface area contributed by atoms with Crippen molar-refractivity contribution in [3.63, 3.8) is 0 Å². The minimum absolute atomic E-state index is 0.0581. The lowest BCUT2D eigenvalue weighted by Gasteiger charge is -2.14. The molecule has 114 valence electrons. The number of nitrogens with two attached hydrogens (primary N) is 1. The van der Waals surface area contributed by atoms with E-state index in [1.165, 1.54) is 0 Å². The van der Waals surface area contributed by atoms with Crippen molar-refractivity contribution >= 4 is 39.5 Å². The highest BCUT2D eigenvalue weighted by Crippen LogP contribution is 2.19. The number of carboxylic acids is 1. The first-order valence-electron chi connectivity index (χ1n) is 6.14. The van der Waals surface area contributed by atoms with Crippen LogP contribution in [0, 0.1) is 6.92 Å². The standard InChI is InChI=1S/C13H16BrN3O4/c1-7-6-8(2-3-9(7)14)16-13(21)17-10(12(19)20)4-5-11(15)18/h2-3,6,10H,4-5H2,1H3,(H2,15,18)(H,19,20)(H2,16,17,21)/t10-/m1/s1. The van der Waals surface area contributed by atoms with Gasteiger partial charge in [-0.3, -0.25) is 4.79 Å². The maximum Gasteiger partial charge on any atom is 0.326 e. The van der Waals surface area contributed by atoms with Crippen LogP contribution in [0.15, 0.2) is 22.7 Å². The fourth-order valence-electron chi connectivity index (χ4n) is 1.59. The van der Waals surface area contributed by atoms with Gasteiger partial charge in [-0.2, -0.15) is 0 Å². The first-order valence-corrected chi connectivity index (χ1v) is 6.93. The van der Waals surface area contributed by atoms with Crippen LogP contribution in [0.5, 0.6) is 0 Å². The molecule has 0 saturated carbocycles. The molecule has 0 spiro atoms. The SMILES string of the molecule is Cc1cc(NC(=O)N[C@H](CCC(N)=O)C(=O)O)ccc1Br. The van der Waals surface area contributed by atoms with E-state index in [2.05, 4.69) is 26.6 Å². The highest BCUT2D eigenvalue weighted by atomic mass is 79.9. The fourth-order valence-corrected chi connectivity index (χ4v) is 1.84. The van der Waals surface area contributed by atoms with Gasteiger partial charge in [0.15, 0.2) is 0 Å². The van der Waals surface area contributed by atoms with Gasteiger partial charge in [0.1, 0.15) is 6.04 Å². The predicted molar refractivity (Wildman–Crippen MR) is 80.9 cm³/mol. The number of amides is 3. The third kappa shape index (κ3) is 5.82. The Morgan fingerprint density at radius 3 is 2.57 bits per heavy atom. The number of benzene rings is 1. The average Bonchev–Trinajstić information content (AvgIpc) is 2.38. The van der Waals surface area contributed by atoms with E-state index in [1.807, 2.05) is 6.92 Å². The van der Waals surface area contributed by atoms with E-state index in [1.54, 1.807) is 18.2 Å². The number of carbonyl (C=O) groups is 3. The second-order valence-electron chi connectivity index (χ2n) is 4.46. The Morgan fingerprint density at radius 2 is 2.05 bits per heavy atom. The van der Waals surface area contributed by atoms with Crippen molar-refractivity contribution in [1.82, 2.24) is 5.32 Å². The highest BCUT2D eigenvalue weighted by molar-refractivity contribution is 9.10. The first-order chi connectivity index (χ1) is 9.79. The number of hydrogen-bond donors (Lipinski definition) is 4. The molecule has 0 bridgehead atoms. The molecule has 5 N–H and O–H groups in total. The summed E-state index contributed by atoms with van der Waals surface area (Å²) in [6.45, 7) is 1.86. The van der Waals surface area contributed by atoms with Crippen LogP contribution in [-0.2, 0) is 9.59 Å². The van der Waals surface area contributed by atoms with Crippen LogP contribution in [-0.4, -0.2) is 29.1 Å². The molecule has 0 aromatic heterocycles. The molecule has 0 aliphatic rings. The van der Waals surface area contributed by atoms with Gasteiger partial charge in [0.2, 0.25) is 5.91 Å². The number of hydrogen-bond acceptors (Lipinski definition) is 3. The van der Waals surface area contributed by atoms with Crippen molar-refractivity contribution in [2.45, 2.75) is 25.8 Å². The normalized spacial score (nSPS) is 11.5. The second kappa shape index (κ2) is 7.63. The van der Waals surface area contributed by atoms with Crippen LogP contribution in [0.1, 0.15) is 18.4 Å². The summed E-state index contributed by atoms with van der Waals surface area (Å²) in [6, 6.07) is 3.36. The zero-order valence-corrected chi connectivity index (χ0v) is 12.9. The van der Waals surface area contributed by atoms with Gasteiger partial charge < -0.3 is 21.5 Å². The fraction of sp³-hybridized carbons (Fsp3) is 0.308. The number of halogens is 1. The van der Waals surface area contributed by atoms with E-state index in [-0.39, 0.29) is 12.8 Å². The van der Waals surface area contributed by atoms with Crippen molar-refractivity contribution in [3.8, 4) is 0 Å². The van der Waals surface area contributed by atoms with Gasteiger partial charge in [0.05, 0.1) is 0 Å². The molecule has 0 unspecified atom stereocenters. The summed E-state index contributed by atoms with van der Waals surface area (Å²) in [5.74, 6) is -1.84. The van der Waals surface area contributed by atoms with E-state index in [0.717, 1.165) is 10.0 Å². The molecule has 0 aliphatic heterocycles. The van der Waals surface area contributed by atoms with Crippen molar-refractivity contribution in [2.75, 3.05) is 5.32 Å². The molecule has 1 atom stereocenters. The summed E-state index contributed by atoms with van der Waals surface area (Å²) in [4.78, 5) is 33.4. The van der Waals surface area contributed by atoms with Crippen LogP contribution in [0.25, 0.3) is 0 Å². The lowest BCUT2D eigenvalue weighted by atomic mass is 10.1. The number of carboxylic acid groups (broad SMARTS) is 1. The van der Waals surface area contributed by atoms with Crippen molar-refractivity contribution in [2.24, 2.45) is 5.73 Å². The summed E-state index contributed by atoms with van der Waals surface area (Å²) in [7, 11) is 0. The monoisotopic (exact) mass is 357 g/mol. The van der Waals surface area contributed by atoms with E-state index in [0.29, 0.717) is 5.69 Å². The van der Waals surface area contributed by atoms with Crippen LogP contribution >= 0.6 is 15.9 Å². The molecule has 1 aromatic carbocycles. The molecular formula is C13H16BrN3O4. The van der Waals surface area contributed by atoms with Gasteiger partial charge >= 0.3 is 12.0 Å². The molecule has 0 aliphatic carbocycles. The summed E-state index contributed by atoms with van der Waals surface area (Å²) in [5, 5.41) is 13.8. The largest absolute Gasteiger partial charge is 0.480 e. The molecule has 1 aromatic rings. The molecule has 0 saturated heterocycles. The molecule has 21 heavy (non-hydrogen) atoms. The maximum absolute atomic E-state index is 11.8. The topological polar surface area (TPSA) is 122 Å². The lowest BCUT2D eigenvalue weighted by molar-refractivity contribution is -0.139. The smallest absolute Gasteiger partial charge is 0.326 e. The Balaban J connectivity index is 2.62. The van der Waals surface area contributed by atoms with Crippen molar-refractivity contribution in [3.05, 3.63) is 28.2 Å². The Labute approximate surface area is 130 Å². The molecule has 7 nitrogen and oxygen atoms in total. The van der Waals surface area contributed by atoms with Gasteiger partial charge in [-0.25, -0.2) is 9.59 Å². The van der Waals surface area contributed by atoms with E-state index < -0.39 is 23.9 Å². The molecule has 3 amide bonds. The third-order valence-electron chi connectivity index (χ3n) is 2.70. The minimum Gasteiger partial charge on any atom is -0.480 e. The van der Waals surface area contributed by atoms with Crippen LogP contribution in [0.4, 0.5) is 10.5 Å². The molecule has 0 radical (unpaired) electrons. The number of aliphatic carboxylic acids is 1. The van der Waals surface area contributed by atoms with Gasteiger partial charge in [0.25, 0.3) is 0 Å². The maximum atomic E-state index is 11.8. The van der Waals surface area contributed by atoms with Crippen molar-refractivity contribution in [1.29, 1.82) is 0 Å². The van der Waals surface area contributed by atoms with Crippen LogP contribution in [0.3, 0.4) is 0 Å². The summed E-state index contributed by atoms with van der Waals surface area (Å²) >= 11 is 3.34. The van der Waals surface area contributed by atoms with Gasteiger partial charge in [0, 0.05) is 16.6 Å². The second-order valence-corrected chi connectivity index (χ2v) is 5.31. The summed E-state index contributed by atoms with van der Waals surface area (Å²) in [6.07, 6.45) is -0.175. The Bertz CT molecular complexity index is 562. The number of anilines is 1. The molecule has 8 heteroatoms. The number of urea groups is 1. The zero-order valence-electron chi connectivity index (χ0n) is 11.4. The molecular weight excluding hydrogens is 342 g/mol. The molecule has 0 fully saturated rings. The Hall–Kier alpha value is -2.09. The van der Waals surface area contributed by atoms with Crippen molar-refractivity contribution < 1.29 is 19.5 Å². The molecule has 0 heterocycles. The van der Waals surface area contributed by atoms with Gasteiger partial charge in [-0.1, -0.05) is 15.9 Å². The van der Waals surface area contributed by atoms with Gasteiger partial charge in [-0.15, -0.1) is 0 Å². The third-order valence-corrected chi connectivity index (χ3v) is 3.59. The van der Waals surface area contributed by atoms with E-state index in [4.69, 9.17) is 10.8 Å². The number of rotatable bonds is 6. The van der Waals surface area contributed by atoms with E-state index in [9.17, 15) is 14.4 Å². The quantitative estimate of drug-likeness (QED) is 0.617.